The molecular formula is C14H17NS. The van der Waals surface area contributed by atoms with Crippen molar-refractivity contribution in [2.75, 3.05) is 6.26 Å². The summed E-state index contributed by atoms with van der Waals surface area (Å²) in [6.45, 7) is 6.68. The Bertz CT molecular complexity index is 517. The van der Waals surface area contributed by atoms with E-state index in [1.165, 1.54) is 16.5 Å². The first-order valence-corrected chi connectivity index (χ1v) is 6.81. The lowest BCUT2D eigenvalue weighted by atomic mass is 9.95. The maximum atomic E-state index is 4.70. The van der Waals surface area contributed by atoms with Crippen molar-refractivity contribution in [3.63, 3.8) is 0 Å². The number of pyridine rings is 1. The van der Waals surface area contributed by atoms with E-state index in [1.807, 2.05) is 0 Å². The molecule has 1 aromatic carbocycles. The molecule has 0 aliphatic rings. The van der Waals surface area contributed by atoms with E-state index in [0.29, 0.717) is 5.92 Å². The third kappa shape index (κ3) is 1.82. The summed E-state index contributed by atoms with van der Waals surface area (Å²) in [4.78, 5) is 4.70. The van der Waals surface area contributed by atoms with Crippen LogP contribution in [0.15, 0.2) is 29.3 Å². The molecule has 0 aliphatic carbocycles. The van der Waals surface area contributed by atoms with Gasteiger partial charge < -0.3 is 0 Å². The highest BCUT2D eigenvalue weighted by Crippen LogP contribution is 2.32. The monoisotopic (exact) mass is 231 g/mol. The molecule has 1 aromatic heterocycles. The zero-order chi connectivity index (χ0) is 11.7. The van der Waals surface area contributed by atoms with Crippen LogP contribution in [0.5, 0.6) is 0 Å². The fourth-order valence-electron chi connectivity index (χ4n) is 2.25. The second kappa shape index (κ2) is 4.46. The molecule has 0 saturated carbocycles. The zero-order valence-corrected chi connectivity index (χ0v) is 11.1. The van der Waals surface area contributed by atoms with Gasteiger partial charge in [-0.3, -0.25) is 0 Å². The molecule has 0 unspecified atom stereocenters. The molecule has 2 rings (SSSR count). The Morgan fingerprint density at radius 3 is 2.50 bits per heavy atom. The van der Waals surface area contributed by atoms with Crippen LogP contribution in [0.25, 0.3) is 10.9 Å². The molecule has 16 heavy (non-hydrogen) atoms. The molecule has 0 bridgehead atoms. The van der Waals surface area contributed by atoms with Crippen molar-refractivity contribution >= 4 is 22.7 Å². The summed E-state index contributed by atoms with van der Waals surface area (Å²) in [5.41, 5.74) is 3.89. The van der Waals surface area contributed by atoms with Gasteiger partial charge in [0.05, 0.1) is 10.5 Å². The third-order valence-electron chi connectivity index (χ3n) is 2.91. The fraction of sp³-hybridized carbons (Fsp3) is 0.357. The molecule has 0 N–H and O–H groups in total. The molecule has 2 heteroatoms. The summed E-state index contributed by atoms with van der Waals surface area (Å²) < 4.78 is 0. The summed E-state index contributed by atoms with van der Waals surface area (Å²) in [6.07, 6.45) is 2.09. The third-order valence-corrected chi connectivity index (χ3v) is 3.70. The molecule has 0 atom stereocenters. The molecule has 0 saturated heterocycles. The van der Waals surface area contributed by atoms with Crippen molar-refractivity contribution in [3.8, 4) is 0 Å². The lowest BCUT2D eigenvalue weighted by molar-refractivity contribution is 0.852. The van der Waals surface area contributed by atoms with Gasteiger partial charge in [-0.2, -0.15) is 0 Å². The van der Waals surface area contributed by atoms with Crippen LogP contribution in [0.4, 0.5) is 0 Å². The average molecular weight is 231 g/mol. The van der Waals surface area contributed by atoms with E-state index in [0.717, 1.165) is 10.5 Å². The highest BCUT2D eigenvalue weighted by molar-refractivity contribution is 7.98. The van der Waals surface area contributed by atoms with Gasteiger partial charge in [0, 0.05) is 5.39 Å². The van der Waals surface area contributed by atoms with Crippen molar-refractivity contribution in [1.82, 2.24) is 4.98 Å². The summed E-state index contributed by atoms with van der Waals surface area (Å²) in [5.74, 6) is 0.541. The SMILES string of the molecule is CSc1nc2ccccc2c(C(C)C)c1C. The lowest BCUT2D eigenvalue weighted by Gasteiger charge is -2.15. The Kier molecular flexibility index (Phi) is 3.20. The minimum atomic E-state index is 0.541. The van der Waals surface area contributed by atoms with Crippen molar-refractivity contribution in [2.45, 2.75) is 31.7 Å². The summed E-state index contributed by atoms with van der Waals surface area (Å²) >= 11 is 1.73. The molecule has 0 radical (unpaired) electrons. The van der Waals surface area contributed by atoms with Gasteiger partial charge in [-0.15, -0.1) is 11.8 Å². The second-order valence-electron chi connectivity index (χ2n) is 4.33. The lowest BCUT2D eigenvalue weighted by Crippen LogP contribution is -1.98. The van der Waals surface area contributed by atoms with E-state index < -0.39 is 0 Å². The molecule has 84 valence electrons. The van der Waals surface area contributed by atoms with E-state index in [9.17, 15) is 0 Å². The maximum Gasteiger partial charge on any atom is 0.0996 e. The predicted molar refractivity (Wildman–Crippen MR) is 72.4 cm³/mol. The van der Waals surface area contributed by atoms with Crippen molar-refractivity contribution in [1.29, 1.82) is 0 Å². The normalized spacial score (nSPS) is 11.3. The summed E-state index contributed by atoms with van der Waals surface area (Å²) in [5, 5.41) is 2.45. The fourth-order valence-corrected chi connectivity index (χ4v) is 2.86. The zero-order valence-electron chi connectivity index (χ0n) is 10.2. The van der Waals surface area contributed by atoms with Crippen molar-refractivity contribution in [3.05, 3.63) is 35.4 Å². The summed E-state index contributed by atoms with van der Waals surface area (Å²) in [6, 6.07) is 8.42. The number of para-hydroxylation sites is 1. The van der Waals surface area contributed by atoms with Crippen LogP contribution in [-0.4, -0.2) is 11.2 Å². The van der Waals surface area contributed by atoms with Gasteiger partial charge in [-0.05, 0) is 36.3 Å². The van der Waals surface area contributed by atoms with Gasteiger partial charge >= 0.3 is 0 Å². The van der Waals surface area contributed by atoms with Gasteiger partial charge in [0.1, 0.15) is 0 Å². The highest BCUT2D eigenvalue weighted by atomic mass is 32.2. The first-order chi connectivity index (χ1) is 7.65. The number of benzene rings is 1. The largest absolute Gasteiger partial charge is 0.241 e. The minimum Gasteiger partial charge on any atom is -0.241 e. The predicted octanol–water partition coefficient (Wildman–Crippen LogP) is 4.39. The van der Waals surface area contributed by atoms with Crippen LogP contribution in [0.2, 0.25) is 0 Å². The smallest absolute Gasteiger partial charge is 0.0996 e. The molecular weight excluding hydrogens is 214 g/mol. The quantitative estimate of drug-likeness (QED) is 0.711. The Balaban J connectivity index is 2.85. The van der Waals surface area contributed by atoms with Crippen LogP contribution in [0.1, 0.15) is 30.9 Å². The second-order valence-corrected chi connectivity index (χ2v) is 5.13. The van der Waals surface area contributed by atoms with E-state index >= 15 is 0 Å². The first-order valence-electron chi connectivity index (χ1n) is 5.58. The molecule has 0 spiro atoms. The maximum absolute atomic E-state index is 4.70. The average Bonchev–Trinajstić information content (AvgIpc) is 2.27. The number of fused-ring (bicyclic) bond motifs is 1. The Morgan fingerprint density at radius 2 is 1.88 bits per heavy atom. The number of hydrogen-bond acceptors (Lipinski definition) is 2. The molecule has 0 amide bonds. The van der Waals surface area contributed by atoms with Crippen LogP contribution in [0, 0.1) is 6.92 Å². The van der Waals surface area contributed by atoms with Crippen molar-refractivity contribution in [2.24, 2.45) is 0 Å². The van der Waals surface area contributed by atoms with Gasteiger partial charge in [0.25, 0.3) is 0 Å². The van der Waals surface area contributed by atoms with Gasteiger partial charge in [0.2, 0.25) is 0 Å². The molecule has 0 fully saturated rings. The van der Waals surface area contributed by atoms with Crippen LogP contribution < -0.4 is 0 Å². The van der Waals surface area contributed by atoms with E-state index in [-0.39, 0.29) is 0 Å². The molecule has 1 heterocycles. The Labute approximate surface area is 101 Å². The Morgan fingerprint density at radius 1 is 1.19 bits per heavy atom. The van der Waals surface area contributed by atoms with Crippen LogP contribution >= 0.6 is 11.8 Å². The standard InChI is InChI=1S/C14H17NS/c1-9(2)13-10(3)14(16-4)15-12-8-6-5-7-11(12)13/h5-9H,1-4H3. The number of thioether (sulfide) groups is 1. The molecule has 2 aromatic rings. The first kappa shape index (κ1) is 11.5. The van der Waals surface area contributed by atoms with E-state index in [2.05, 4.69) is 51.3 Å². The topological polar surface area (TPSA) is 12.9 Å². The van der Waals surface area contributed by atoms with E-state index in [1.54, 1.807) is 11.8 Å². The Hall–Kier alpha value is -1.02. The molecule has 0 aliphatic heterocycles. The number of hydrogen-bond donors (Lipinski definition) is 0. The van der Waals surface area contributed by atoms with Gasteiger partial charge in [-0.1, -0.05) is 32.0 Å². The highest BCUT2D eigenvalue weighted by Gasteiger charge is 2.13. The summed E-state index contributed by atoms with van der Waals surface area (Å²) in [7, 11) is 0. The molecule has 1 nitrogen and oxygen atoms in total. The minimum absolute atomic E-state index is 0.541. The number of rotatable bonds is 2. The van der Waals surface area contributed by atoms with E-state index in [4.69, 9.17) is 4.98 Å². The number of aromatic nitrogens is 1. The van der Waals surface area contributed by atoms with Gasteiger partial charge in [-0.25, -0.2) is 4.98 Å². The van der Waals surface area contributed by atoms with Crippen molar-refractivity contribution < 1.29 is 0 Å². The van der Waals surface area contributed by atoms with Crippen LogP contribution in [0.3, 0.4) is 0 Å². The van der Waals surface area contributed by atoms with Crippen LogP contribution in [-0.2, 0) is 0 Å². The van der Waals surface area contributed by atoms with Gasteiger partial charge in [0.15, 0.2) is 0 Å². The number of nitrogens with zero attached hydrogens (tertiary/aromatic N) is 1.